The van der Waals surface area contributed by atoms with Crippen LogP contribution in [0.25, 0.3) is 43.6 Å². The molecular formula is C21H10Br2N2O2. The third-order valence-corrected chi connectivity index (χ3v) is 6.39. The minimum absolute atomic E-state index is 0.0596. The Labute approximate surface area is 169 Å². The number of fused-ring (bicyclic) bond motifs is 10. The van der Waals surface area contributed by atoms with Crippen molar-refractivity contribution < 1.29 is 9.59 Å². The molecule has 0 amide bonds. The number of hydrogen-bond acceptors (Lipinski definition) is 2. The predicted molar refractivity (Wildman–Crippen MR) is 114 cm³/mol. The first-order valence-electron chi connectivity index (χ1n) is 8.47. The molecule has 0 atom stereocenters. The first kappa shape index (κ1) is 15.6. The number of carbonyl (C=O) groups excluding carboxylic acids is 2. The topological polar surface area (TPSA) is 65.7 Å². The zero-order chi connectivity index (χ0) is 18.4. The van der Waals surface area contributed by atoms with Crippen molar-refractivity contribution >= 4 is 87.0 Å². The summed E-state index contributed by atoms with van der Waals surface area (Å²) in [6.45, 7) is 0. The van der Waals surface area contributed by atoms with Crippen molar-refractivity contribution in [3.63, 3.8) is 0 Å². The van der Waals surface area contributed by atoms with Gasteiger partial charge in [-0.05, 0) is 24.3 Å². The third kappa shape index (κ3) is 1.92. The molecule has 5 aromatic rings. The molecule has 130 valence electrons. The van der Waals surface area contributed by atoms with Gasteiger partial charge in [0, 0.05) is 52.7 Å². The number of Topliss-reactive ketones (excluding diaryl/α,β-unsaturated/α-hetero) is 2. The summed E-state index contributed by atoms with van der Waals surface area (Å²) in [5.41, 5.74) is 4.71. The van der Waals surface area contributed by atoms with Crippen LogP contribution < -0.4 is 0 Å². The van der Waals surface area contributed by atoms with E-state index in [0.717, 1.165) is 52.6 Å². The zero-order valence-corrected chi connectivity index (χ0v) is 16.9. The van der Waals surface area contributed by atoms with Crippen molar-refractivity contribution in [2.45, 2.75) is 6.42 Å². The Hall–Kier alpha value is -2.44. The highest BCUT2D eigenvalue weighted by Crippen LogP contribution is 2.44. The fourth-order valence-electron chi connectivity index (χ4n) is 4.36. The second-order valence-corrected chi connectivity index (χ2v) is 8.73. The van der Waals surface area contributed by atoms with Crippen LogP contribution in [-0.4, -0.2) is 21.5 Å². The summed E-state index contributed by atoms with van der Waals surface area (Å²) < 4.78 is 1.91. The maximum absolute atomic E-state index is 12.8. The maximum Gasteiger partial charge on any atom is 0.172 e. The lowest BCUT2D eigenvalue weighted by atomic mass is 9.97. The van der Waals surface area contributed by atoms with Crippen molar-refractivity contribution in [1.82, 2.24) is 9.97 Å². The van der Waals surface area contributed by atoms with Gasteiger partial charge in [-0.2, -0.15) is 0 Å². The molecule has 1 aliphatic carbocycles. The van der Waals surface area contributed by atoms with Gasteiger partial charge in [-0.25, -0.2) is 0 Å². The largest absolute Gasteiger partial charge is 0.353 e. The molecule has 2 heterocycles. The Balaban J connectivity index is 1.98. The average molecular weight is 482 g/mol. The second-order valence-electron chi connectivity index (χ2n) is 6.90. The van der Waals surface area contributed by atoms with E-state index in [4.69, 9.17) is 0 Å². The average Bonchev–Trinajstić information content (AvgIpc) is 3.25. The van der Waals surface area contributed by atoms with Crippen molar-refractivity contribution in [3.05, 3.63) is 56.5 Å². The predicted octanol–water partition coefficient (Wildman–Crippen LogP) is 6.25. The summed E-state index contributed by atoms with van der Waals surface area (Å²) in [6, 6.07) is 11.9. The van der Waals surface area contributed by atoms with Crippen LogP contribution in [0.3, 0.4) is 0 Å². The van der Waals surface area contributed by atoms with Crippen LogP contribution in [0.15, 0.2) is 45.3 Å². The van der Waals surface area contributed by atoms with E-state index in [1.165, 1.54) is 0 Å². The summed E-state index contributed by atoms with van der Waals surface area (Å²) in [6.07, 6.45) is -0.0596. The van der Waals surface area contributed by atoms with Crippen LogP contribution >= 0.6 is 31.9 Å². The molecule has 0 radical (unpaired) electrons. The van der Waals surface area contributed by atoms with Gasteiger partial charge in [0.1, 0.15) is 0 Å². The van der Waals surface area contributed by atoms with Crippen LogP contribution in [0.4, 0.5) is 0 Å². The van der Waals surface area contributed by atoms with E-state index >= 15 is 0 Å². The second kappa shape index (κ2) is 5.09. The summed E-state index contributed by atoms with van der Waals surface area (Å²) in [5, 5.41) is 3.58. The highest BCUT2D eigenvalue weighted by molar-refractivity contribution is 9.10. The Bertz CT molecular complexity index is 1390. The van der Waals surface area contributed by atoms with E-state index in [0.29, 0.717) is 11.1 Å². The number of benzene rings is 3. The molecule has 0 bridgehead atoms. The number of hydrogen-bond donors (Lipinski definition) is 2. The minimum Gasteiger partial charge on any atom is -0.353 e. The van der Waals surface area contributed by atoms with Crippen LogP contribution in [0, 0.1) is 0 Å². The number of nitrogens with one attached hydrogen (secondary N) is 2. The lowest BCUT2D eigenvalue weighted by Crippen LogP contribution is -1.94. The van der Waals surface area contributed by atoms with Gasteiger partial charge in [0.2, 0.25) is 0 Å². The third-order valence-electron chi connectivity index (χ3n) is 5.40. The number of H-pyrrole nitrogens is 2. The molecule has 1 aliphatic rings. The van der Waals surface area contributed by atoms with Gasteiger partial charge in [-0.15, -0.1) is 0 Å². The van der Waals surface area contributed by atoms with Crippen molar-refractivity contribution in [2.75, 3.05) is 0 Å². The molecule has 2 aromatic heterocycles. The van der Waals surface area contributed by atoms with E-state index in [2.05, 4.69) is 41.8 Å². The SMILES string of the molecule is O=C1CC(=O)c2c1c1c3ccc(Br)cc3[nH]c1c1[nH]c3cc(Br)ccc3c21. The van der Waals surface area contributed by atoms with Gasteiger partial charge in [0.25, 0.3) is 0 Å². The first-order chi connectivity index (χ1) is 13.0. The van der Waals surface area contributed by atoms with Crippen molar-refractivity contribution in [2.24, 2.45) is 0 Å². The van der Waals surface area contributed by atoms with Gasteiger partial charge >= 0.3 is 0 Å². The summed E-state index contributed by atoms with van der Waals surface area (Å²) >= 11 is 7.01. The monoisotopic (exact) mass is 480 g/mol. The quantitative estimate of drug-likeness (QED) is 0.257. The van der Waals surface area contributed by atoms with Crippen molar-refractivity contribution in [1.29, 1.82) is 0 Å². The molecule has 0 spiro atoms. The molecular weight excluding hydrogens is 472 g/mol. The Morgan fingerprint density at radius 2 is 1.15 bits per heavy atom. The number of ketones is 2. The summed E-state index contributed by atoms with van der Waals surface area (Å²) in [4.78, 5) is 32.5. The molecule has 0 saturated carbocycles. The van der Waals surface area contributed by atoms with Crippen molar-refractivity contribution in [3.8, 4) is 0 Å². The van der Waals surface area contributed by atoms with Gasteiger partial charge < -0.3 is 9.97 Å². The highest BCUT2D eigenvalue weighted by Gasteiger charge is 2.34. The standard InChI is InChI=1S/C21H10Br2N2O2/c22-8-1-3-10-12(5-8)24-20-16(10)18-14(26)7-15(27)19(18)17-11-4-2-9(23)6-13(11)25-21(17)20/h1-6,24-25H,7H2. The lowest BCUT2D eigenvalue weighted by molar-refractivity contribution is 0.0924. The van der Waals surface area contributed by atoms with E-state index in [-0.39, 0.29) is 18.0 Å². The van der Waals surface area contributed by atoms with E-state index < -0.39 is 0 Å². The maximum atomic E-state index is 12.8. The molecule has 0 aliphatic heterocycles. The van der Waals surface area contributed by atoms with E-state index in [9.17, 15) is 9.59 Å². The van der Waals surface area contributed by atoms with Crippen LogP contribution in [-0.2, 0) is 0 Å². The van der Waals surface area contributed by atoms with Crippen LogP contribution in [0.2, 0.25) is 0 Å². The lowest BCUT2D eigenvalue weighted by Gasteiger charge is -2.04. The number of aromatic amines is 2. The Kier molecular flexibility index (Phi) is 2.94. The number of aromatic nitrogens is 2. The fourth-order valence-corrected chi connectivity index (χ4v) is 5.09. The molecule has 0 fully saturated rings. The molecule has 3 aromatic carbocycles. The molecule has 0 unspecified atom stereocenters. The molecule has 2 N–H and O–H groups in total. The van der Waals surface area contributed by atoms with Gasteiger partial charge in [0.15, 0.2) is 11.6 Å². The number of halogens is 2. The van der Waals surface area contributed by atoms with Gasteiger partial charge in [-0.3, -0.25) is 9.59 Å². The van der Waals surface area contributed by atoms with Crippen LogP contribution in [0.5, 0.6) is 0 Å². The number of carbonyl (C=O) groups is 2. The molecule has 6 heteroatoms. The molecule has 27 heavy (non-hydrogen) atoms. The normalized spacial score (nSPS) is 14.3. The van der Waals surface area contributed by atoms with E-state index in [1.54, 1.807) is 0 Å². The first-order valence-corrected chi connectivity index (χ1v) is 10.1. The Morgan fingerprint density at radius 1 is 0.704 bits per heavy atom. The van der Waals surface area contributed by atoms with E-state index in [1.807, 2.05) is 36.4 Å². The Morgan fingerprint density at radius 3 is 1.59 bits per heavy atom. The molecule has 6 rings (SSSR count). The zero-order valence-electron chi connectivity index (χ0n) is 13.7. The molecule has 0 saturated heterocycles. The smallest absolute Gasteiger partial charge is 0.172 e. The highest BCUT2D eigenvalue weighted by atomic mass is 79.9. The van der Waals surface area contributed by atoms with Crippen LogP contribution in [0.1, 0.15) is 27.1 Å². The fraction of sp³-hybridized carbons (Fsp3) is 0.0476. The minimum atomic E-state index is -0.0998. The van der Waals surface area contributed by atoms with Gasteiger partial charge in [0.05, 0.1) is 17.5 Å². The molecule has 4 nitrogen and oxygen atoms in total. The summed E-state index contributed by atoms with van der Waals surface area (Å²) in [7, 11) is 0. The number of rotatable bonds is 0. The van der Waals surface area contributed by atoms with Gasteiger partial charge in [-0.1, -0.05) is 44.0 Å². The summed E-state index contributed by atoms with van der Waals surface area (Å²) in [5.74, 6) is -0.200.